The van der Waals surface area contributed by atoms with E-state index in [9.17, 15) is 4.39 Å². The van der Waals surface area contributed by atoms with Crippen molar-refractivity contribution < 1.29 is 4.39 Å². The molecule has 0 aliphatic heterocycles. The predicted molar refractivity (Wildman–Crippen MR) is 68.2 cm³/mol. The number of nitrogens with two attached hydrogens (primary N) is 1. The van der Waals surface area contributed by atoms with Crippen molar-refractivity contribution in [2.24, 2.45) is 5.73 Å². The Labute approximate surface area is 103 Å². The molecule has 2 N–H and O–H groups in total. The van der Waals surface area contributed by atoms with Crippen LogP contribution >= 0.6 is 0 Å². The van der Waals surface area contributed by atoms with Gasteiger partial charge in [0.05, 0.1) is 0 Å². The Hall–Kier alpha value is -0.930. The van der Waals surface area contributed by atoms with Crippen LogP contribution in [0.1, 0.15) is 37.3 Å². The molecule has 3 heteroatoms. The summed E-state index contributed by atoms with van der Waals surface area (Å²) in [5.74, 6) is -0.201. The lowest BCUT2D eigenvalue weighted by molar-refractivity contribution is 0.155. The minimum absolute atomic E-state index is 0.0122. The van der Waals surface area contributed by atoms with E-state index in [1.54, 1.807) is 12.1 Å². The average Bonchev–Trinajstić information content (AvgIpc) is 2.24. The van der Waals surface area contributed by atoms with Gasteiger partial charge in [0.2, 0.25) is 0 Å². The molecule has 17 heavy (non-hydrogen) atoms. The zero-order valence-corrected chi connectivity index (χ0v) is 10.4. The lowest BCUT2D eigenvalue weighted by atomic mass is 9.91. The number of benzene rings is 1. The lowest BCUT2D eigenvalue weighted by Crippen LogP contribution is -2.38. The predicted octanol–water partition coefficient (Wildman–Crippen LogP) is 2.70. The third-order valence-corrected chi connectivity index (χ3v) is 3.79. The molecule has 1 saturated carbocycles. The number of rotatable bonds is 5. The van der Waals surface area contributed by atoms with Gasteiger partial charge in [0.1, 0.15) is 5.82 Å². The van der Waals surface area contributed by atoms with Gasteiger partial charge in [-0.25, -0.2) is 4.39 Å². The summed E-state index contributed by atoms with van der Waals surface area (Å²) in [5.41, 5.74) is 7.13. The van der Waals surface area contributed by atoms with Gasteiger partial charge in [0.15, 0.2) is 0 Å². The van der Waals surface area contributed by atoms with E-state index in [0.29, 0.717) is 0 Å². The molecule has 1 aliphatic carbocycles. The monoisotopic (exact) mass is 236 g/mol. The van der Waals surface area contributed by atoms with Gasteiger partial charge < -0.3 is 10.6 Å². The summed E-state index contributed by atoms with van der Waals surface area (Å²) in [6.07, 6.45) is 4.93. The molecule has 1 atom stereocenters. The smallest absolute Gasteiger partial charge is 0.123 e. The molecule has 1 aromatic rings. The first-order valence-corrected chi connectivity index (χ1v) is 6.38. The van der Waals surface area contributed by atoms with Crippen LogP contribution in [0.25, 0.3) is 0 Å². The fourth-order valence-electron chi connectivity index (χ4n) is 2.23. The molecule has 2 nitrogen and oxygen atoms in total. The molecule has 0 heterocycles. The van der Waals surface area contributed by atoms with Gasteiger partial charge in [-0.05, 0) is 50.6 Å². The maximum atomic E-state index is 12.8. The zero-order chi connectivity index (χ0) is 12.3. The van der Waals surface area contributed by atoms with Crippen molar-refractivity contribution >= 4 is 0 Å². The molecule has 0 spiro atoms. The molecule has 1 fully saturated rings. The third-order valence-electron chi connectivity index (χ3n) is 3.79. The van der Waals surface area contributed by atoms with Crippen LogP contribution in [-0.2, 0) is 0 Å². The molecule has 1 aromatic carbocycles. The largest absolute Gasteiger partial charge is 0.324 e. The van der Waals surface area contributed by atoms with E-state index in [1.165, 1.54) is 31.4 Å². The summed E-state index contributed by atoms with van der Waals surface area (Å²) in [4.78, 5) is 2.40. The van der Waals surface area contributed by atoms with Crippen molar-refractivity contribution in [3.8, 4) is 0 Å². The molecule has 0 amide bonds. The van der Waals surface area contributed by atoms with E-state index in [4.69, 9.17) is 5.73 Å². The SMILES string of the molecule is CN(CCC(N)c1ccc(F)cc1)C1CCC1. The second kappa shape index (κ2) is 5.61. The standard InChI is InChI=1S/C14H21FN2/c1-17(13-3-2-4-13)10-9-14(16)11-5-7-12(15)8-6-11/h5-8,13-14H,2-4,9-10,16H2,1H3. The van der Waals surface area contributed by atoms with Gasteiger partial charge in [0, 0.05) is 12.1 Å². The number of hydrogen-bond acceptors (Lipinski definition) is 2. The highest BCUT2D eigenvalue weighted by molar-refractivity contribution is 5.19. The quantitative estimate of drug-likeness (QED) is 0.851. The molecular weight excluding hydrogens is 215 g/mol. The van der Waals surface area contributed by atoms with Crippen LogP contribution in [0.4, 0.5) is 4.39 Å². The average molecular weight is 236 g/mol. The van der Waals surface area contributed by atoms with E-state index < -0.39 is 0 Å². The molecule has 0 aromatic heterocycles. The summed E-state index contributed by atoms with van der Waals surface area (Å²) in [6.45, 7) is 1.02. The van der Waals surface area contributed by atoms with Gasteiger partial charge in [0.25, 0.3) is 0 Å². The van der Waals surface area contributed by atoms with Gasteiger partial charge in [-0.3, -0.25) is 0 Å². The minimum Gasteiger partial charge on any atom is -0.324 e. The highest BCUT2D eigenvalue weighted by atomic mass is 19.1. The highest BCUT2D eigenvalue weighted by Crippen LogP contribution is 2.24. The first-order chi connectivity index (χ1) is 8.16. The second-order valence-electron chi connectivity index (χ2n) is 5.01. The van der Waals surface area contributed by atoms with Crippen molar-refractivity contribution in [3.63, 3.8) is 0 Å². The Morgan fingerprint density at radius 1 is 1.35 bits per heavy atom. The fourth-order valence-corrected chi connectivity index (χ4v) is 2.23. The van der Waals surface area contributed by atoms with E-state index in [2.05, 4.69) is 11.9 Å². The lowest BCUT2D eigenvalue weighted by Gasteiger charge is -2.35. The summed E-state index contributed by atoms with van der Waals surface area (Å²) < 4.78 is 12.8. The van der Waals surface area contributed by atoms with E-state index >= 15 is 0 Å². The molecule has 0 bridgehead atoms. The van der Waals surface area contributed by atoms with Crippen LogP contribution < -0.4 is 5.73 Å². The second-order valence-corrected chi connectivity index (χ2v) is 5.01. The number of nitrogens with zero attached hydrogens (tertiary/aromatic N) is 1. The molecule has 1 unspecified atom stereocenters. The van der Waals surface area contributed by atoms with Crippen LogP contribution in [-0.4, -0.2) is 24.5 Å². The van der Waals surface area contributed by atoms with Gasteiger partial charge in [-0.2, -0.15) is 0 Å². The van der Waals surface area contributed by atoms with Crippen LogP contribution in [0.15, 0.2) is 24.3 Å². The van der Waals surface area contributed by atoms with Gasteiger partial charge in [-0.1, -0.05) is 18.6 Å². The van der Waals surface area contributed by atoms with Gasteiger partial charge >= 0.3 is 0 Å². The van der Waals surface area contributed by atoms with Crippen molar-refractivity contribution in [2.45, 2.75) is 37.8 Å². The van der Waals surface area contributed by atoms with Crippen LogP contribution in [0.3, 0.4) is 0 Å². The third kappa shape index (κ3) is 3.27. The topological polar surface area (TPSA) is 29.3 Å². The molecule has 0 radical (unpaired) electrons. The summed E-state index contributed by atoms with van der Waals surface area (Å²) in [6, 6.07) is 7.29. The summed E-state index contributed by atoms with van der Waals surface area (Å²) >= 11 is 0. The maximum Gasteiger partial charge on any atom is 0.123 e. The van der Waals surface area contributed by atoms with Gasteiger partial charge in [-0.15, -0.1) is 0 Å². The van der Waals surface area contributed by atoms with Crippen molar-refractivity contribution in [1.29, 1.82) is 0 Å². The first kappa shape index (κ1) is 12.5. The van der Waals surface area contributed by atoms with E-state index in [1.807, 2.05) is 0 Å². The van der Waals surface area contributed by atoms with Crippen LogP contribution in [0.2, 0.25) is 0 Å². The van der Waals surface area contributed by atoms with E-state index in [-0.39, 0.29) is 11.9 Å². The highest BCUT2D eigenvalue weighted by Gasteiger charge is 2.21. The first-order valence-electron chi connectivity index (χ1n) is 6.38. The Morgan fingerprint density at radius 2 is 2.00 bits per heavy atom. The normalized spacial score (nSPS) is 18.1. The van der Waals surface area contributed by atoms with Crippen LogP contribution in [0.5, 0.6) is 0 Å². The summed E-state index contributed by atoms with van der Waals surface area (Å²) in [5, 5.41) is 0. The Bertz CT molecular complexity index is 346. The Kier molecular flexibility index (Phi) is 4.13. The molecule has 1 aliphatic rings. The summed E-state index contributed by atoms with van der Waals surface area (Å²) in [7, 11) is 2.17. The Balaban J connectivity index is 1.80. The number of hydrogen-bond donors (Lipinski definition) is 1. The number of halogens is 1. The van der Waals surface area contributed by atoms with Crippen molar-refractivity contribution in [2.75, 3.05) is 13.6 Å². The van der Waals surface area contributed by atoms with Crippen LogP contribution in [0, 0.1) is 5.82 Å². The molecule has 94 valence electrons. The molecular formula is C14H21FN2. The fraction of sp³-hybridized carbons (Fsp3) is 0.571. The van der Waals surface area contributed by atoms with Crippen molar-refractivity contribution in [3.05, 3.63) is 35.6 Å². The van der Waals surface area contributed by atoms with Crippen molar-refractivity contribution in [1.82, 2.24) is 4.90 Å². The zero-order valence-electron chi connectivity index (χ0n) is 10.4. The maximum absolute atomic E-state index is 12.8. The molecule has 2 rings (SSSR count). The molecule has 0 saturated heterocycles. The van der Waals surface area contributed by atoms with E-state index in [0.717, 1.165) is 24.6 Å². The minimum atomic E-state index is -0.201. The Morgan fingerprint density at radius 3 is 2.53 bits per heavy atom.